The summed E-state index contributed by atoms with van der Waals surface area (Å²) < 4.78 is 6.14. The predicted molar refractivity (Wildman–Crippen MR) is 66.3 cm³/mol. The molecular weight excluding hydrogens is 262 g/mol. The Morgan fingerprint density at radius 3 is 2.86 bits per heavy atom. The van der Waals surface area contributed by atoms with Gasteiger partial charge in [0, 0.05) is 18.8 Å². The first kappa shape index (κ1) is 11.9. The maximum atomic E-state index is 5.15. The van der Waals surface area contributed by atoms with Gasteiger partial charge in [-0.15, -0.1) is 0 Å². The van der Waals surface area contributed by atoms with Crippen LogP contribution >= 0.6 is 28.6 Å². The molecule has 0 amide bonds. The Morgan fingerprint density at radius 1 is 1.50 bits per heavy atom. The van der Waals surface area contributed by atoms with E-state index in [1.54, 1.807) is 7.11 Å². The lowest BCUT2D eigenvalue weighted by Gasteiger charge is -2.06. The topological polar surface area (TPSA) is 21.3 Å². The minimum Gasteiger partial charge on any atom is -0.496 e. The number of ether oxygens (including phenoxy) is 1. The number of hydrogen-bond donors (Lipinski definition) is 2. The molecule has 0 spiro atoms. The number of hydrogen-bond acceptors (Lipinski definition) is 3. The highest BCUT2D eigenvalue weighted by molar-refractivity contribution is 9.10. The quantitative estimate of drug-likeness (QED) is 0.637. The normalized spacial score (nSPS) is 10.2. The van der Waals surface area contributed by atoms with Crippen molar-refractivity contribution in [3.63, 3.8) is 0 Å². The Kier molecular flexibility index (Phi) is 5.37. The van der Waals surface area contributed by atoms with Crippen LogP contribution in [0.1, 0.15) is 5.56 Å². The molecule has 0 aliphatic carbocycles. The molecule has 0 bridgehead atoms. The third-order valence-electron chi connectivity index (χ3n) is 1.83. The summed E-state index contributed by atoms with van der Waals surface area (Å²) in [5, 5.41) is 3.28. The van der Waals surface area contributed by atoms with E-state index in [0.29, 0.717) is 0 Å². The predicted octanol–water partition coefficient (Wildman–Crippen LogP) is 2.48. The van der Waals surface area contributed by atoms with Gasteiger partial charge in [-0.1, -0.05) is 6.07 Å². The lowest BCUT2D eigenvalue weighted by Crippen LogP contribution is -2.15. The molecule has 78 valence electrons. The molecule has 0 aliphatic rings. The van der Waals surface area contributed by atoms with Crippen molar-refractivity contribution in [3.8, 4) is 5.75 Å². The van der Waals surface area contributed by atoms with Crippen molar-refractivity contribution in [1.82, 2.24) is 5.32 Å². The Balaban J connectivity index is 2.57. The highest BCUT2D eigenvalue weighted by Crippen LogP contribution is 2.25. The van der Waals surface area contributed by atoms with E-state index in [1.807, 2.05) is 6.07 Å². The molecule has 14 heavy (non-hydrogen) atoms. The highest BCUT2D eigenvalue weighted by Gasteiger charge is 2.00. The zero-order valence-corrected chi connectivity index (χ0v) is 10.6. The number of methoxy groups -OCH3 is 1. The van der Waals surface area contributed by atoms with Gasteiger partial charge in [0.05, 0.1) is 11.6 Å². The number of nitrogens with one attached hydrogen (secondary N) is 1. The molecule has 0 aromatic heterocycles. The van der Waals surface area contributed by atoms with Crippen LogP contribution < -0.4 is 10.1 Å². The Morgan fingerprint density at radius 2 is 2.29 bits per heavy atom. The molecule has 0 radical (unpaired) electrons. The van der Waals surface area contributed by atoms with Crippen molar-refractivity contribution in [2.75, 3.05) is 19.4 Å². The largest absolute Gasteiger partial charge is 0.496 e. The lowest BCUT2D eigenvalue weighted by atomic mass is 10.2. The van der Waals surface area contributed by atoms with Crippen molar-refractivity contribution in [2.24, 2.45) is 0 Å². The van der Waals surface area contributed by atoms with Crippen LogP contribution in [-0.4, -0.2) is 19.4 Å². The van der Waals surface area contributed by atoms with Crippen LogP contribution in [0, 0.1) is 0 Å². The fourth-order valence-corrected chi connectivity index (χ4v) is 1.88. The average molecular weight is 276 g/mol. The molecule has 1 aromatic rings. The van der Waals surface area contributed by atoms with E-state index in [9.17, 15) is 0 Å². The maximum absolute atomic E-state index is 5.15. The van der Waals surface area contributed by atoms with Gasteiger partial charge in [-0.25, -0.2) is 0 Å². The summed E-state index contributed by atoms with van der Waals surface area (Å²) in [5.41, 5.74) is 1.24. The Bertz CT molecular complexity index is 293. The van der Waals surface area contributed by atoms with Crippen LogP contribution in [0.3, 0.4) is 0 Å². The van der Waals surface area contributed by atoms with E-state index in [1.165, 1.54) is 5.56 Å². The molecular formula is C10H14BrNOS. The Hall–Kier alpha value is -0.190. The molecule has 0 saturated carbocycles. The summed E-state index contributed by atoms with van der Waals surface area (Å²) in [6.45, 7) is 1.79. The molecule has 0 heterocycles. The van der Waals surface area contributed by atoms with Gasteiger partial charge in [-0.2, -0.15) is 12.6 Å². The summed E-state index contributed by atoms with van der Waals surface area (Å²) in [6, 6.07) is 6.07. The number of benzene rings is 1. The van der Waals surface area contributed by atoms with E-state index in [0.717, 1.165) is 29.1 Å². The monoisotopic (exact) mass is 275 g/mol. The first-order chi connectivity index (χ1) is 6.77. The van der Waals surface area contributed by atoms with Crippen LogP contribution in [0.15, 0.2) is 22.7 Å². The molecule has 0 atom stereocenters. The summed E-state index contributed by atoms with van der Waals surface area (Å²) in [5.74, 6) is 1.72. The van der Waals surface area contributed by atoms with E-state index < -0.39 is 0 Å². The van der Waals surface area contributed by atoms with Crippen LogP contribution in [0.5, 0.6) is 5.75 Å². The average Bonchev–Trinajstić information content (AvgIpc) is 2.18. The van der Waals surface area contributed by atoms with Crippen LogP contribution in [0.25, 0.3) is 0 Å². The van der Waals surface area contributed by atoms with Crippen molar-refractivity contribution in [3.05, 3.63) is 28.2 Å². The molecule has 1 rings (SSSR count). The van der Waals surface area contributed by atoms with Gasteiger partial charge >= 0.3 is 0 Å². The van der Waals surface area contributed by atoms with Crippen molar-refractivity contribution in [1.29, 1.82) is 0 Å². The molecule has 0 fully saturated rings. The van der Waals surface area contributed by atoms with Gasteiger partial charge in [0.2, 0.25) is 0 Å². The van der Waals surface area contributed by atoms with Crippen molar-refractivity contribution >= 4 is 28.6 Å². The summed E-state index contributed by atoms with van der Waals surface area (Å²) >= 11 is 7.58. The van der Waals surface area contributed by atoms with E-state index in [-0.39, 0.29) is 0 Å². The lowest BCUT2D eigenvalue weighted by molar-refractivity contribution is 0.412. The number of rotatable bonds is 5. The smallest absolute Gasteiger partial charge is 0.133 e. The molecule has 1 aromatic carbocycles. The minimum absolute atomic E-state index is 0.858. The van der Waals surface area contributed by atoms with Crippen LogP contribution in [0.2, 0.25) is 0 Å². The Labute approximate surface area is 98.6 Å². The van der Waals surface area contributed by atoms with Gasteiger partial charge in [0.25, 0.3) is 0 Å². The van der Waals surface area contributed by atoms with Crippen LogP contribution in [-0.2, 0) is 6.54 Å². The first-order valence-electron chi connectivity index (χ1n) is 4.42. The fourth-order valence-electron chi connectivity index (χ4n) is 1.13. The third kappa shape index (κ3) is 3.52. The SMILES string of the molecule is COc1ccc(CNCCS)cc1Br. The fraction of sp³-hybridized carbons (Fsp3) is 0.400. The molecule has 0 unspecified atom stereocenters. The maximum Gasteiger partial charge on any atom is 0.133 e. The summed E-state index contributed by atoms with van der Waals surface area (Å²) in [7, 11) is 1.67. The summed E-state index contributed by atoms with van der Waals surface area (Å²) in [4.78, 5) is 0. The standard InChI is InChI=1S/C10H14BrNOS/c1-13-10-3-2-8(6-9(10)11)7-12-4-5-14/h2-3,6,12,14H,4-5,7H2,1H3. The molecule has 0 aliphatic heterocycles. The third-order valence-corrected chi connectivity index (χ3v) is 2.68. The number of thiol groups is 1. The molecule has 1 N–H and O–H groups in total. The second-order valence-electron chi connectivity index (χ2n) is 2.87. The van der Waals surface area contributed by atoms with E-state index >= 15 is 0 Å². The zero-order valence-electron chi connectivity index (χ0n) is 8.09. The molecule has 2 nitrogen and oxygen atoms in total. The van der Waals surface area contributed by atoms with E-state index in [4.69, 9.17) is 4.74 Å². The van der Waals surface area contributed by atoms with Crippen molar-refractivity contribution in [2.45, 2.75) is 6.54 Å². The zero-order chi connectivity index (χ0) is 10.4. The van der Waals surface area contributed by atoms with Crippen molar-refractivity contribution < 1.29 is 4.74 Å². The van der Waals surface area contributed by atoms with Gasteiger partial charge in [-0.05, 0) is 33.6 Å². The second-order valence-corrected chi connectivity index (χ2v) is 4.17. The first-order valence-corrected chi connectivity index (χ1v) is 5.84. The minimum atomic E-state index is 0.858. The van der Waals surface area contributed by atoms with Gasteiger partial charge < -0.3 is 10.1 Å². The summed E-state index contributed by atoms with van der Waals surface area (Å²) in [6.07, 6.45) is 0. The van der Waals surface area contributed by atoms with Crippen LogP contribution in [0.4, 0.5) is 0 Å². The molecule has 0 saturated heterocycles. The van der Waals surface area contributed by atoms with Gasteiger partial charge in [-0.3, -0.25) is 0 Å². The van der Waals surface area contributed by atoms with Gasteiger partial charge in [0.15, 0.2) is 0 Å². The second kappa shape index (κ2) is 6.32. The van der Waals surface area contributed by atoms with E-state index in [2.05, 4.69) is 46.0 Å². The van der Waals surface area contributed by atoms with Gasteiger partial charge in [0.1, 0.15) is 5.75 Å². The molecule has 4 heteroatoms. The highest BCUT2D eigenvalue weighted by atomic mass is 79.9. The number of halogens is 1.